The molecule has 0 unspecified atom stereocenters. The van der Waals surface area contributed by atoms with Gasteiger partial charge in [-0.1, -0.05) is 25.1 Å². The molecule has 0 spiro atoms. The molecule has 1 aliphatic heterocycles. The molecule has 0 radical (unpaired) electrons. The number of hydrogen-bond acceptors (Lipinski definition) is 4. The van der Waals surface area contributed by atoms with E-state index in [4.69, 9.17) is 4.74 Å². The molecule has 1 aromatic rings. The molecule has 0 amide bonds. The Hall–Kier alpha value is -1.31. The first kappa shape index (κ1) is 16.1. The van der Waals surface area contributed by atoms with E-state index in [1.54, 1.807) is 12.1 Å². The van der Waals surface area contributed by atoms with Gasteiger partial charge in [-0.25, -0.2) is 0 Å². The third kappa shape index (κ3) is 4.33. The number of aliphatic hydroxyl groups is 1. The van der Waals surface area contributed by atoms with Gasteiger partial charge in [-0.2, -0.15) is 0 Å². The highest BCUT2D eigenvalue weighted by atomic mass is 19.4. The summed E-state index contributed by atoms with van der Waals surface area (Å²) in [5.41, 5.74) is 0.427. The molecule has 7 heteroatoms. The van der Waals surface area contributed by atoms with E-state index < -0.39 is 12.5 Å². The third-order valence-corrected chi connectivity index (χ3v) is 3.47. The van der Waals surface area contributed by atoms with Crippen LogP contribution in [-0.2, 0) is 11.3 Å². The minimum atomic E-state index is -4.72. The van der Waals surface area contributed by atoms with Crippen molar-refractivity contribution in [3.8, 4) is 5.75 Å². The highest BCUT2D eigenvalue weighted by molar-refractivity contribution is 5.33. The summed E-state index contributed by atoms with van der Waals surface area (Å²) in [6, 6.07) is 5.82. The Morgan fingerprint density at radius 1 is 1.33 bits per heavy atom. The Morgan fingerprint density at radius 2 is 2.05 bits per heavy atom. The number of nitrogens with zero attached hydrogens (tertiary/aromatic N) is 1. The maximum atomic E-state index is 12.4. The highest BCUT2D eigenvalue weighted by Crippen LogP contribution is 2.28. The minimum Gasteiger partial charge on any atom is -0.405 e. The summed E-state index contributed by atoms with van der Waals surface area (Å²) in [4.78, 5) is 1.89. The third-order valence-electron chi connectivity index (χ3n) is 3.47. The molecule has 0 bridgehead atoms. The van der Waals surface area contributed by atoms with Crippen molar-refractivity contribution in [2.75, 3.05) is 19.8 Å². The second-order valence-corrected chi connectivity index (χ2v) is 4.89. The van der Waals surface area contributed by atoms with E-state index in [1.807, 2.05) is 11.8 Å². The van der Waals surface area contributed by atoms with E-state index in [0.29, 0.717) is 18.7 Å². The molecule has 1 heterocycles. The molecule has 2 rings (SSSR count). The van der Waals surface area contributed by atoms with Crippen molar-refractivity contribution < 1.29 is 27.8 Å². The largest absolute Gasteiger partial charge is 0.573 e. The first-order valence-electron chi connectivity index (χ1n) is 6.74. The Morgan fingerprint density at radius 3 is 2.62 bits per heavy atom. The fraction of sp³-hybridized carbons (Fsp3) is 0.571. The van der Waals surface area contributed by atoms with Gasteiger partial charge in [0.15, 0.2) is 0 Å². The predicted octanol–water partition coefficient (Wildman–Crippen LogP) is 2.17. The number of para-hydroxylation sites is 1. The van der Waals surface area contributed by atoms with Crippen LogP contribution in [0.25, 0.3) is 0 Å². The van der Waals surface area contributed by atoms with Crippen LogP contribution in [0.2, 0.25) is 0 Å². The second-order valence-electron chi connectivity index (χ2n) is 4.89. The van der Waals surface area contributed by atoms with Gasteiger partial charge in [-0.3, -0.25) is 4.90 Å². The van der Waals surface area contributed by atoms with Crippen molar-refractivity contribution in [2.24, 2.45) is 0 Å². The average Bonchev–Trinajstić information content (AvgIpc) is 2.82. The number of likely N-dealkylation sites (N-methyl/N-ethyl adjacent to an activating group) is 1. The molecule has 0 aliphatic carbocycles. The number of hydrogen-bond donors (Lipinski definition) is 1. The zero-order valence-corrected chi connectivity index (χ0v) is 11.6. The molecular formula is C14H18F3NO3. The fourth-order valence-electron chi connectivity index (χ4n) is 2.42. The van der Waals surface area contributed by atoms with E-state index in [1.165, 1.54) is 12.1 Å². The van der Waals surface area contributed by atoms with Crippen LogP contribution < -0.4 is 4.74 Å². The number of ether oxygens (including phenoxy) is 2. The van der Waals surface area contributed by atoms with Crippen molar-refractivity contribution in [3.63, 3.8) is 0 Å². The van der Waals surface area contributed by atoms with Crippen LogP contribution >= 0.6 is 0 Å². The molecule has 21 heavy (non-hydrogen) atoms. The predicted molar refractivity (Wildman–Crippen MR) is 69.8 cm³/mol. The van der Waals surface area contributed by atoms with Gasteiger partial charge in [-0.05, 0) is 12.6 Å². The molecule has 2 atom stereocenters. The number of benzene rings is 1. The smallest absolute Gasteiger partial charge is 0.405 e. The molecule has 1 N–H and O–H groups in total. The first-order chi connectivity index (χ1) is 9.90. The maximum Gasteiger partial charge on any atom is 0.573 e. The van der Waals surface area contributed by atoms with Gasteiger partial charge >= 0.3 is 6.36 Å². The molecular weight excluding hydrogens is 287 g/mol. The van der Waals surface area contributed by atoms with Crippen LogP contribution in [0.4, 0.5) is 13.2 Å². The maximum absolute atomic E-state index is 12.4. The highest BCUT2D eigenvalue weighted by Gasteiger charge is 2.34. The van der Waals surface area contributed by atoms with Crippen molar-refractivity contribution in [2.45, 2.75) is 32.0 Å². The number of alkyl halides is 3. The van der Waals surface area contributed by atoms with Gasteiger partial charge in [0.2, 0.25) is 0 Å². The summed E-state index contributed by atoms with van der Waals surface area (Å²) in [6.45, 7) is 3.36. The minimum absolute atomic E-state index is 0.211. The summed E-state index contributed by atoms with van der Waals surface area (Å²) in [5.74, 6) is -0.211. The van der Waals surface area contributed by atoms with Gasteiger partial charge in [0.05, 0.1) is 25.4 Å². The molecule has 4 nitrogen and oxygen atoms in total. The molecule has 1 aromatic carbocycles. The molecule has 0 aromatic heterocycles. The lowest BCUT2D eigenvalue weighted by Gasteiger charge is -2.29. The summed E-state index contributed by atoms with van der Waals surface area (Å²) >= 11 is 0. The van der Waals surface area contributed by atoms with Crippen LogP contribution in [0, 0.1) is 0 Å². The van der Waals surface area contributed by atoms with Crippen molar-refractivity contribution in [1.29, 1.82) is 0 Å². The number of halogens is 3. The van der Waals surface area contributed by atoms with Crippen LogP contribution in [0.15, 0.2) is 24.3 Å². The Kier molecular flexibility index (Phi) is 5.08. The topological polar surface area (TPSA) is 41.9 Å². The van der Waals surface area contributed by atoms with Crippen molar-refractivity contribution >= 4 is 0 Å². The van der Waals surface area contributed by atoms with Crippen LogP contribution in [0.5, 0.6) is 5.75 Å². The number of rotatable bonds is 5. The molecule has 118 valence electrons. The van der Waals surface area contributed by atoms with Crippen molar-refractivity contribution in [3.05, 3.63) is 29.8 Å². The Bertz CT molecular complexity index is 467. The summed E-state index contributed by atoms with van der Waals surface area (Å²) in [5, 5.41) is 9.85. The van der Waals surface area contributed by atoms with Crippen LogP contribution in [0.3, 0.4) is 0 Å². The Labute approximate surface area is 121 Å². The lowest BCUT2D eigenvalue weighted by molar-refractivity contribution is -0.275. The molecule has 0 saturated carbocycles. The van der Waals surface area contributed by atoms with E-state index in [2.05, 4.69) is 4.74 Å². The quantitative estimate of drug-likeness (QED) is 0.905. The average molecular weight is 305 g/mol. The first-order valence-corrected chi connectivity index (χ1v) is 6.74. The molecule has 1 saturated heterocycles. The van der Waals surface area contributed by atoms with Crippen molar-refractivity contribution in [1.82, 2.24) is 4.90 Å². The van der Waals surface area contributed by atoms with Gasteiger partial charge in [-0.15, -0.1) is 13.2 Å². The van der Waals surface area contributed by atoms with Gasteiger partial charge < -0.3 is 14.6 Å². The standard InChI is InChI=1S/C14H18F3NO3/c1-2-18(11-8-20-9-12(11)19)7-10-5-3-4-6-13(10)21-14(15,16)17/h3-6,11-12,19H,2,7-9H2,1H3/t11-,12-/m1/s1. The normalized spacial score (nSPS) is 22.8. The van der Waals surface area contributed by atoms with Gasteiger partial charge in [0.25, 0.3) is 0 Å². The van der Waals surface area contributed by atoms with Crippen LogP contribution in [-0.4, -0.2) is 48.3 Å². The summed E-state index contributed by atoms with van der Waals surface area (Å²) in [6.07, 6.45) is -5.34. The van der Waals surface area contributed by atoms with E-state index in [-0.39, 0.29) is 24.9 Å². The van der Waals surface area contributed by atoms with E-state index in [9.17, 15) is 18.3 Å². The van der Waals surface area contributed by atoms with Crippen LogP contribution in [0.1, 0.15) is 12.5 Å². The fourth-order valence-corrected chi connectivity index (χ4v) is 2.42. The van der Waals surface area contributed by atoms with E-state index in [0.717, 1.165) is 0 Å². The monoisotopic (exact) mass is 305 g/mol. The zero-order valence-electron chi connectivity index (χ0n) is 11.6. The van der Waals surface area contributed by atoms with Gasteiger partial charge in [0.1, 0.15) is 5.75 Å². The SMILES string of the molecule is CCN(Cc1ccccc1OC(F)(F)F)[C@@H]1COC[C@H]1O. The molecule has 1 aliphatic rings. The Balaban J connectivity index is 2.14. The molecule has 1 fully saturated rings. The summed E-state index contributed by atoms with van der Waals surface area (Å²) in [7, 11) is 0. The lowest BCUT2D eigenvalue weighted by atomic mass is 10.1. The second kappa shape index (κ2) is 6.64. The summed E-state index contributed by atoms with van der Waals surface area (Å²) < 4.78 is 46.5. The zero-order chi connectivity index (χ0) is 15.5. The number of aliphatic hydroxyl groups excluding tert-OH is 1. The van der Waals surface area contributed by atoms with Gasteiger partial charge in [0, 0.05) is 12.1 Å². The van der Waals surface area contributed by atoms with E-state index >= 15 is 0 Å². The lowest BCUT2D eigenvalue weighted by Crippen LogP contribution is -2.42.